The summed E-state index contributed by atoms with van der Waals surface area (Å²) in [7, 11) is 0. The fourth-order valence-corrected chi connectivity index (χ4v) is 2.45. The summed E-state index contributed by atoms with van der Waals surface area (Å²) in [6.45, 7) is 4.30. The van der Waals surface area contributed by atoms with E-state index in [4.69, 9.17) is 0 Å². The van der Waals surface area contributed by atoms with Crippen LogP contribution >= 0.6 is 0 Å². The van der Waals surface area contributed by atoms with Gasteiger partial charge in [0.15, 0.2) is 0 Å². The maximum atomic E-state index is 3.49. The quantitative estimate of drug-likeness (QED) is 0.694. The Bertz CT molecular complexity index is 555. The number of hydrogen-bond acceptors (Lipinski definition) is 1. The van der Waals surface area contributed by atoms with E-state index in [0.717, 1.165) is 12.1 Å². The molecule has 0 saturated heterocycles. The largest absolute Gasteiger partial charge is 0.382 e. The Kier molecular flexibility index (Phi) is 2.40. The van der Waals surface area contributed by atoms with Crippen LogP contribution in [0.5, 0.6) is 0 Å². The number of fused-ring (bicyclic) bond motifs is 3. The van der Waals surface area contributed by atoms with Crippen LogP contribution in [0.1, 0.15) is 25.0 Å². The second-order valence-corrected chi connectivity index (χ2v) is 4.90. The Morgan fingerprint density at radius 2 is 1.88 bits per heavy atom. The molecule has 0 aromatic heterocycles. The SMILES string of the molecule is CC(C)Nc1[c]c2c(cc1)-c1ccccc1C2. The monoisotopic (exact) mass is 222 g/mol. The van der Waals surface area contributed by atoms with Gasteiger partial charge in [0.05, 0.1) is 0 Å². The summed E-state index contributed by atoms with van der Waals surface area (Å²) < 4.78 is 0. The highest BCUT2D eigenvalue weighted by atomic mass is 14.9. The Balaban J connectivity index is 2.01. The Labute approximate surface area is 102 Å². The molecule has 0 fully saturated rings. The summed E-state index contributed by atoms with van der Waals surface area (Å²) >= 11 is 0. The van der Waals surface area contributed by atoms with E-state index < -0.39 is 0 Å². The van der Waals surface area contributed by atoms with Gasteiger partial charge in [-0.05, 0) is 48.6 Å². The van der Waals surface area contributed by atoms with Crippen molar-refractivity contribution in [3.05, 3.63) is 53.6 Å². The molecule has 3 rings (SSSR count). The van der Waals surface area contributed by atoms with Crippen LogP contribution in [0.15, 0.2) is 36.4 Å². The topological polar surface area (TPSA) is 12.0 Å². The van der Waals surface area contributed by atoms with Gasteiger partial charge in [0.1, 0.15) is 0 Å². The summed E-state index contributed by atoms with van der Waals surface area (Å²) in [6, 6.07) is 16.9. The third kappa shape index (κ3) is 1.82. The van der Waals surface area contributed by atoms with Crippen LogP contribution in [0.2, 0.25) is 0 Å². The molecule has 1 aliphatic carbocycles. The number of hydrogen-bond donors (Lipinski definition) is 1. The van der Waals surface area contributed by atoms with Gasteiger partial charge in [-0.25, -0.2) is 0 Å². The summed E-state index contributed by atoms with van der Waals surface area (Å²) in [6.07, 6.45) is 1.01. The summed E-state index contributed by atoms with van der Waals surface area (Å²) in [5, 5.41) is 3.41. The van der Waals surface area contributed by atoms with Crippen LogP contribution in [0.4, 0.5) is 5.69 Å². The fourth-order valence-electron chi connectivity index (χ4n) is 2.45. The van der Waals surface area contributed by atoms with Gasteiger partial charge in [-0.15, -0.1) is 0 Å². The van der Waals surface area contributed by atoms with Crippen LogP contribution in [0.25, 0.3) is 11.1 Å². The van der Waals surface area contributed by atoms with Gasteiger partial charge in [-0.3, -0.25) is 0 Å². The molecule has 1 heteroatoms. The lowest BCUT2D eigenvalue weighted by molar-refractivity contribution is 0.899. The van der Waals surface area contributed by atoms with Crippen molar-refractivity contribution >= 4 is 5.69 Å². The number of nitrogens with one attached hydrogen (secondary N) is 1. The van der Waals surface area contributed by atoms with E-state index in [9.17, 15) is 0 Å². The lowest BCUT2D eigenvalue weighted by atomic mass is 10.1. The fraction of sp³-hybridized carbons (Fsp3) is 0.250. The van der Waals surface area contributed by atoms with Crippen molar-refractivity contribution in [2.24, 2.45) is 0 Å². The van der Waals surface area contributed by atoms with Gasteiger partial charge in [-0.1, -0.05) is 30.3 Å². The molecule has 1 aliphatic rings. The zero-order chi connectivity index (χ0) is 11.8. The zero-order valence-electron chi connectivity index (χ0n) is 10.2. The van der Waals surface area contributed by atoms with Crippen molar-refractivity contribution < 1.29 is 0 Å². The maximum Gasteiger partial charge on any atom is 0.0426 e. The molecule has 1 radical (unpaired) electrons. The smallest absolute Gasteiger partial charge is 0.0426 e. The maximum absolute atomic E-state index is 3.49. The van der Waals surface area contributed by atoms with E-state index in [0.29, 0.717) is 6.04 Å². The Morgan fingerprint density at radius 1 is 1.06 bits per heavy atom. The van der Waals surface area contributed by atoms with E-state index in [1.54, 1.807) is 0 Å². The summed E-state index contributed by atoms with van der Waals surface area (Å²) in [5.41, 5.74) is 6.55. The summed E-state index contributed by atoms with van der Waals surface area (Å²) in [4.78, 5) is 0. The highest BCUT2D eigenvalue weighted by Crippen LogP contribution is 2.37. The van der Waals surface area contributed by atoms with Crippen LogP contribution in [0.3, 0.4) is 0 Å². The minimum absolute atomic E-state index is 0.452. The average molecular weight is 222 g/mol. The molecule has 17 heavy (non-hydrogen) atoms. The molecule has 0 spiro atoms. The predicted molar refractivity (Wildman–Crippen MR) is 72.3 cm³/mol. The van der Waals surface area contributed by atoms with Crippen molar-refractivity contribution in [3.63, 3.8) is 0 Å². The number of anilines is 1. The highest BCUT2D eigenvalue weighted by molar-refractivity contribution is 5.78. The lowest BCUT2D eigenvalue weighted by Crippen LogP contribution is -2.09. The van der Waals surface area contributed by atoms with E-state index in [1.807, 2.05) is 0 Å². The van der Waals surface area contributed by atoms with Gasteiger partial charge in [-0.2, -0.15) is 0 Å². The molecule has 0 aliphatic heterocycles. The second kappa shape index (κ2) is 3.92. The van der Waals surface area contributed by atoms with Crippen LogP contribution in [-0.2, 0) is 6.42 Å². The number of benzene rings is 2. The molecule has 2 aromatic rings. The van der Waals surface area contributed by atoms with Gasteiger partial charge >= 0.3 is 0 Å². The van der Waals surface area contributed by atoms with Crippen LogP contribution < -0.4 is 5.32 Å². The first-order valence-electron chi connectivity index (χ1n) is 6.14. The van der Waals surface area contributed by atoms with Crippen molar-refractivity contribution in [2.75, 3.05) is 5.32 Å². The van der Waals surface area contributed by atoms with Crippen LogP contribution in [-0.4, -0.2) is 6.04 Å². The van der Waals surface area contributed by atoms with Crippen molar-refractivity contribution in [1.82, 2.24) is 0 Å². The predicted octanol–water partition coefficient (Wildman–Crippen LogP) is 3.88. The Morgan fingerprint density at radius 3 is 2.71 bits per heavy atom. The van der Waals surface area contributed by atoms with Gasteiger partial charge in [0.25, 0.3) is 0 Å². The molecule has 0 bridgehead atoms. The normalized spacial score (nSPS) is 12.4. The molecule has 0 amide bonds. The zero-order valence-corrected chi connectivity index (χ0v) is 10.2. The van der Waals surface area contributed by atoms with Crippen LogP contribution in [0, 0.1) is 6.07 Å². The molecular weight excluding hydrogens is 206 g/mol. The minimum atomic E-state index is 0.452. The molecule has 1 nitrogen and oxygen atoms in total. The van der Waals surface area contributed by atoms with Gasteiger partial charge in [0, 0.05) is 17.8 Å². The summed E-state index contributed by atoms with van der Waals surface area (Å²) in [5.74, 6) is 0. The third-order valence-corrected chi connectivity index (χ3v) is 3.15. The van der Waals surface area contributed by atoms with Crippen molar-refractivity contribution in [2.45, 2.75) is 26.3 Å². The Hall–Kier alpha value is -1.76. The minimum Gasteiger partial charge on any atom is -0.382 e. The van der Waals surface area contributed by atoms with Gasteiger partial charge < -0.3 is 5.32 Å². The van der Waals surface area contributed by atoms with E-state index in [1.165, 1.54) is 22.3 Å². The number of rotatable bonds is 2. The molecule has 0 unspecified atom stereocenters. The van der Waals surface area contributed by atoms with Gasteiger partial charge in [0.2, 0.25) is 0 Å². The van der Waals surface area contributed by atoms with E-state index >= 15 is 0 Å². The van der Waals surface area contributed by atoms with E-state index in [-0.39, 0.29) is 0 Å². The first-order chi connectivity index (χ1) is 8.24. The molecule has 0 heterocycles. The molecule has 1 N–H and O–H groups in total. The molecule has 2 aromatic carbocycles. The molecular formula is C16H16N. The standard InChI is InChI=1S/C16H16N/c1-11(2)17-14-7-8-16-13(10-14)9-12-5-3-4-6-15(12)16/h3-8,11,17H,9H2,1-2H3. The van der Waals surface area contributed by atoms with Crippen molar-refractivity contribution in [1.29, 1.82) is 0 Å². The molecule has 0 atom stereocenters. The van der Waals surface area contributed by atoms with Crippen molar-refractivity contribution in [3.8, 4) is 11.1 Å². The lowest BCUT2D eigenvalue weighted by Gasteiger charge is -2.10. The molecule has 85 valence electrons. The first-order valence-corrected chi connectivity index (χ1v) is 6.14. The average Bonchev–Trinajstić information content (AvgIpc) is 2.65. The second-order valence-electron chi connectivity index (χ2n) is 4.90. The molecule has 0 saturated carbocycles. The highest BCUT2D eigenvalue weighted by Gasteiger charge is 2.18. The first kappa shape index (κ1) is 10.4. The third-order valence-electron chi connectivity index (χ3n) is 3.15. The van der Waals surface area contributed by atoms with E-state index in [2.05, 4.69) is 61.6 Å².